The van der Waals surface area contributed by atoms with Crippen molar-refractivity contribution in [1.82, 2.24) is 9.78 Å². The van der Waals surface area contributed by atoms with Crippen LogP contribution in [0.5, 0.6) is 11.5 Å². The van der Waals surface area contributed by atoms with Gasteiger partial charge in [0, 0.05) is 31.2 Å². The highest BCUT2D eigenvalue weighted by Crippen LogP contribution is 2.33. The van der Waals surface area contributed by atoms with Crippen molar-refractivity contribution in [2.75, 3.05) is 31.2 Å². The van der Waals surface area contributed by atoms with Gasteiger partial charge in [-0.25, -0.2) is 4.79 Å². The second kappa shape index (κ2) is 10.2. The molecule has 4 aromatic rings. The lowest BCUT2D eigenvalue weighted by atomic mass is 10.1. The Bertz CT molecular complexity index is 1300. The van der Waals surface area contributed by atoms with Gasteiger partial charge in [-0.2, -0.15) is 5.10 Å². The first-order valence-corrected chi connectivity index (χ1v) is 11.5. The summed E-state index contributed by atoms with van der Waals surface area (Å²) in [5.41, 5.74) is 3.15. The van der Waals surface area contributed by atoms with Crippen LogP contribution in [0.15, 0.2) is 72.9 Å². The normalized spacial score (nSPS) is 13.7. The summed E-state index contributed by atoms with van der Waals surface area (Å²) in [4.78, 5) is 13.7. The number of carboxylic acids is 1. The summed E-state index contributed by atoms with van der Waals surface area (Å²) in [6.45, 7) is 3.41. The van der Waals surface area contributed by atoms with Crippen LogP contribution in [0.2, 0.25) is 0 Å². The summed E-state index contributed by atoms with van der Waals surface area (Å²) in [6.07, 6.45) is 1.83. The largest absolute Gasteiger partial charge is 0.478 e. The number of anilines is 1. The molecule has 0 atom stereocenters. The number of hydrogen-bond acceptors (Lipinski definition) is 6. The number of rotatable bonds is 10. The van der Waals surface area contributed by atoms with Crippen molar-refractivity contribution in [1.29, 1.82) is 0 Å². The number of fused-ring (bicyclic) bond motifs is 1. The van der Waals surface area contributed by atoms with E-state index in [1.165, 1.54) is 6.07 Å². The average molecular weight is 474 g/mol. The molecular formula is C27H27N3O5. The number of carbonyl (C=O) groups is 1. The van der Waals surface area contributed by atoms with Crippen molar-refractivity contribution in [3.8, 4) is 11.5 Å². The molecule has 0 unspecified atom stereocenters. The van der Waals surface area contributed by atoms with Crippen LogP contribution in [0.25, 0.3) is 10.9 Å². The quantitative estimate of drug-likeness (QED) is 0.340. The smallest absolute Gasteiger partial charge is 0.335 e. The Hall–Kier alpha value is -3.88. The number of hydrogen-bond donors (Lipinski definition) is 1. The minimum absolute atomic E-state index is 0.161. The lowest BCUT2D eigenvalue weighted by Gasteiger charge is -2.40. The number of benzene rings is 3. The Morgan fingerprint density at radius 2 is 1.83 bits per heavy atom. The molecular weight excluding hydrogens is 446 g/mol. The third kappa shape index (κ3) is 5.29. The summed E-state index contributed by atoms with van der Waals surface area (Å²) in [5.74, 6) is 0.0792. The van der Waals surface area contributed by atoms with Crippen LogP contribution < -0.4 is 9.64 Å². The van der Waals surface area contributed by atoms with E-state index < -0.39 is 5.97 Å². The fraction of sp³-hybridized carbons (Fsp3) is 0.259. The highest BCUT2D eigenvalue weighted by molar-refractivity contribution is 5.96. The van der Waals surface area contributed by atoms with Gasteiger partial charge in [-0.15, -0.1) is 0 Å². The molecule has 180 valence electrons. The fourth-order valence-corrected chi connectivity index (χ4v) is 4.13. The maximum Gasteiger partial charge on any atom is 0.335 e. The maximum atomic E-state index is 11.5. The number of aryl methyl sites for hydroxylation is 1. The Morgan fingerprint density at radius 3 is 2.57 bits per heavy atom. The van der Waals surface area contributed by atoms with Crippen LogP contribution >= 0.6 is 0 Å². The van der Waals surface area contributed by atoms with E-state index in [0.29, 0.717) is 31.3 Å². The fourth-order valence-electron chi connectivity index (χ4n) is 4.13. The molecule has 0 aliphatic carbocycles. The summed E-state index contributed by atoms with van der Waals surface area (Å²) < 4.78 is 19.3. The molecule has 0 amide bonds. The second-order valence-corrected chi connectivity index (χ2v) is 8.52. The Labute approximate surface area is 203 Å². The molecule has 0 bridgehead atoms. The van der Waals surface area contributed by atoms with E-state index in [2.05, 4.69) is 10.00 Å². The molecule has 35 heavy (non-hydrogen) atoms. The SMILES string of the molecule is Cn1ncc2cc(C(=O)O)cc(Oc3ccc(N4CC(OCCOCc5ccccc5)C4)cc3)c21. The van der Waals surface area contributed by atoms with Crippen LogP contribution in [0.4, 0.5) is 5.69 Å². The van der Waals surface area contributed by atoms with Gasteiger partial charge in [0.2, 0.25) is 0 Å². The lowest BCUT2D eigenvalue weighted by molar-refractivity contribution is -0.0103. The monoisotopic (exact) mass is 473 g/mol. The van der Waals surface area contributed by atoms with E-state index in [-0.39, 0.29) is 11.7 Å². The maximum absolute atomic E-state index is 11.5. The molecule has 1 aliphatic rings. The molecule has 0 saturated carbocycles. The summed E-state index contributed by atoms with van der Waals surface area (Å²) in [7, 11) is 1.80. The van der Waals surface area contributed by atoms with Crippen molar-refractivity contribution in [3.63, 3.8) is 0 Å². The van der Waals surface area contributed by atoms with E-state index in [0.717, 1.165) is 35.2 Å². The van der Waals surface area contributed by atoms with Gasteiger partial charge in [0.25, 0.3) is 0 Å². The van der Waals surface area contributed by atoms with Crippen molar-refractivity contribution in [2.24, 2.45) is 7.05 Å². The van der Waals surface area contributed by atoms with Gasteiger partial charge in [-0.1, -0.05) is 30.3 Å². The predicted octanol–water partition coefficient (Wildman–Crippen LogP) is 4.49. The van der Waals surface area contributed by atoms with Gasteiger partial charge in [-0.05, 0) is 42.0 Å². The molecule has 1 N–H and O–H groups in total. The lowest BCUT2D eigenvalue weighted by Crippen LogP contribution is -2.52. The zero-order chi connectivity index (χ0) is 24.2. The predicted molar refractivity (Wildman–Crippen MR) is 132 cm³/mol. The third-order valence-corrected chi connectivity index (χ3v) is 6.02. The first-order chi connectivity index (χ1) is 17.1. The molecule has 0 spiro atoms. The van der Waals surface area contributed by atoms with Crippen molar-refractivity contribution < 1.29 is 24.1 Å². The van der Waals surface area contributed by atoms with Crippen LogP contribution in [0.3, 0.4) is 0 Å². The minimum Gasteiger partial charge on any atom is -0.478 e. The van der Waals surface area contributed by atoms with Crippen LogP contribution in [0.1, 0.15) is 15.9 Å². The Balaban J connectivity index is 1.11. The van der Waals surface area contributed by atoms with Crippen LogP contribution in [-0.2, 0) is 23.1 Å². The summed E-state index contributed by atoms with van der Waals surface area (Å²) in [6, 6.07) is 21.0. The number of aromatic nitrogens is 2. The van der Waals surface area contributed by atoms with Gasteiger partial charge in [-0.3, -0.25) is 4.68 Å². The molecule has 1 aliphatic heterocycles. The number of ether oxygens (including phenoxy) is 3. The number of carboxylic acid groups (broad SMARTS) is 1. The Kier molecular flexibility index (Phi) is 6.65. The standard InChI is InChI=1S/C27H27N3O5/c1-29-26-21(15-28-29)13-20(27(31)32)14-25(26)35-23-9-7-22(8-10-23)30-16-24(17-30)34-12-11-33-18-19-5-3-2-4-6-19/h2-10,13-15,24H,11-12,16-18H2,1H3,(H,31,32). The van der Waals surface area contributed by atoms with E-state index in [4.69, 9.17) is 14.2 Å². The highest BCUT2D eigenvalue weighted by Gasteiger charge is 2.27. The minimum atomic E-state index is -1.01. The first-order valence-electron chi connectivity index (χ1n) is 11.5. The summed E-state index contributed by atoms with van der Waals surface area (Å²) in [5, 5.41) is 14.4. The zero-order valence-corrected chi connectivity index (χ0v) is 19.5. The van der Waals surface area contributed by atoms with Gasteiger partial charge in [0.1, 0.15) is 11.3 Å². The molecule has 5 rings (SSSR count). The first kappa shape index (κ1) is 22.9. The third-order valence-electron chi connectivity index (χ3n) is 6.02. The van der Waals surface area contributed by atoms with E-state index in [1.54, 1.807) is 24.0 Å². The van der Waals surface area contributed by atoms with Gasteiger partial charge in [0.05, 0.1) is 37.7 Å². The van der Waals surface area contributed by atoms with Crippen LogP contribution in [0, 0.1) is 0 Å². The molecule has 1 fully saturated rings. The topological polar surface area (TPSA) is 86.1 Å². The number of aromatic carboxylic acids is 1. The van der Waals surface area contributed by atoms with Gasteiger partial charge in [0.15, 0.2) is 5.75 Å². The van der Waals surface area contributed by atoms with Gasteiger partial charge < -0.3 is 24.2 Å². The molecule has 8 heteroatoms. The molecule has 0 radical (unpaired) electrons. The van der Waals surface area contributed by atoms with Crippen molar-refractivity contribution >= 4 is 22.6 Å². The molecule has 8 nitrogen and oxygen atoms in total. The van der Waals surface area contributed by atoms with Gasteiger partial charge >= 0.3 is 5.97 Å². The molecule has 3 aromatic carbocycles. The highest BCUT2D eigenvalue weighted by atomic mass is 16.5. The average Bonchev–Trinajstić information content (AvgIpc) is 3.22. The Morgan fingerprint density at radius 1 is 1.06 bits per heavy atom. The molecule has 2 heterocycles. The second-order valence-electron chi connectivity index (χ2n) is 8.52. The van der Waals surface area contributed by atoms with Crippen LogP contribution in [-0.4, -0.2) is 53.3 Å². The van der Waals surface area contributed by atoms with E-state index in [9.17, 15) is 9.90 Å². The van der Waals surface area contributed by atoms with E-state index >= 15 is 0 Å². The number of nitrogens with zero attached hydrogens (tertiary/aromatic N) is 3. The zero-order valence-electron chi connectivity index (χ0n) is 19.5. The molecule has 1 saturated heterocycles. The molecule has 1 aromatic heterocycles. The van der Waals surface area contributed by atoms with E-state index in [1.807, 2.05) is 54.6 Å². The van der Waals surface area contributed by atoms with Crippen molar-refractivity contribution in [3.05, 3.63) is 84.1 Å². The van der Waals surface area contributed by atoms with Crippen molar-refractivity contribution in [2.45, 2.75) is 12.7 Å². The summed E-state index contributed by atoms with van der Waals surface area (Å²) >= 11 is 0.